The number of nitrogens with zero attached hydrogens (tertiary/aromatic N) is 10. The number of hydrogen-bond acceptors (Lipinski definition) is 24. The van der Waals surface area contributed by atoms with Crippen LogP contribution in [0.1, 0.15) is 431 Å². The Kier molecular flexibility index (Phi) is 595. The number of aliphatic imine (C=N–C) groups is 3. The minimum absolute atomic E-state index is 0.528. The lowest BCUT2D eigenvalue weighted by Crippen LogP contribution is -2.22. The zero-order valence-corrected chi connectivity index (χ0v) is 92.3. The van der Waals surface area contributed by atoms with E-state index < -0.39 is 0 Å². The third-order valence-corrected chi connectivity index (χ3v) is 9.40. The van der Waals surface area contributed by atoms with Gasteiger partial charge in [-0.1, -0.05) is 406 Å². The number of ether oxygens (including phenoxy) is 2. The Bertz CT molecular complexity index is 990. The summed E-state index contributed by atoms with van der Waals surface area (Å²) in [5, 5.41) is 29.5. The van der Waals surface area contributed by atoms with Crippen LogP contribution in [0, 0.1) is 0 Å². The average molecular weight is 1750 g/mol. The molecule has 0 radical (unpaired) electrons. The molecule has 0 aromatic rings. The molecule has 13 rings (SSSR count). The van der Waals surface area contributed by atoms with E-state index >= 15 is 0 Å². The molecule has 13 aliphatic rings. The summed E-state index contributed by atoms with van der Waals surface area (Å²) in [6, 6.07) is 0. The van der Waals surface area contributed by atoms with Crippen molar-refractivity contribution < 1.29 is 14.3 Å². The number of hydrogen-bond donors (Lipinski definition) is 8. The molecule has 0 aromatic heterocycles. The van der Waals surface area contributed by atoms with Crippen LogP contribution in [-0.2, 0) is 14.3 Å². The highest BCUT2D eigenvalue weighted by atomic mass is 32.2. The number of hydrazone groups is 3. The van der Waals surface area contributed by atoms with Gasteiger partial charge in [0.25, 0.3) is 0 Å². The summed E-state index contributed by atoms with van der Waals surface area (Å²) < 4.78 is 13.2. The van der Waals surface area contributed by atoms with Crippen molar-refractivity contribution in [2.24, 2.45) is 50.2 Å². The van der Waals surface area contributed by atoms with Crippen LogP contribution < -0.4 is 43.2 Å². The molecular weight excluding hydrogens is 1510 g/mol. The molecule has 24 heteroatoms. The van der Waals surface area contributed by atoms with Gasteiger partial charge in [-0.3, -0.25) is 31.3 Å². The van der Waals surface area contributed by atoms with Crippen LogP contribution in [0.3, 0.4) is 0 Å². The van der Waals surface area contributed by atoms with Crippen LogP contribution in [0.2, 0.25) is 0 Å². The van der Waals surface area contributed by atoms with E-state index in [-0.39, 0.29) is 0 Å². The van der Waals surface area contributed by atoms with Gasteiger partial charge in [-0.05, 0) is 87.2 Å². The number of rotatable bonds is 0. The van der Waals surface area contributed by atoms with Crippen molar-refractivity contribution in [2.45, 2.75) is 431 Å². The standard InChI is InChI=1S/C5H8.2C4H7N.C4H6O.C4H6S.2C3H6N2.C3H5NO.C3H5NS.2C2H5N3.C2H4N2O.C2H4N2S.26C2H6/c5*1-2-4-5-3-1;1-2-5-3-4-1;3*1-2-4-5-3-1;1-3-2-5-4-1;1-2-4-5-3-1;2*1-3-4-2-5-1;26*1-2/h1-2H,3-5H2;3H,1-2,4H2;1,3,5H,2,4H2;2*1,3H,2,4H2;3H,1-2H2,(H,4,5);2,5H,1,3H2;2*2H,1,3H2;1,5H,2H2,(H,3,4);1-2H2,(H,3,4);2*1,4H,2H2;26*1-2H3. The van der Waals surface area contributed by atoms with E-state index in [1.54, 1.807) is 54.4 Å². The van der Waals surface area contributed by atoms with Crippen LogP contribution >= 0.6 is 35.5 Å². The Morgan fingerprint density at radius 2 is 0.872 bits per heavy atom. The third kappa shape index (κ3) is 366. The largest absolute Gasteiger partial charge is 0.501 e. The Balaban J connectivity index is -0.0000000306. The van der Waals surface area contributed by atoms with E-state index in [0.29, 0.717) is 13.4 Å². The first-order chi connectivity index (χ1) is 58.5. The maximum absolute atomic E-state index is 4.76. The lowest BCUT2D eigenvalue weighted by atomic mass is 10.4. The number of hydrazine groups is 1. The van der Waals surface area contributed by atoms with Crippen LogP contribution in [0.4, 0.5) is 0 Å². The average Bonchev–Trinajstić information content (AvgIpc) is 4.88. The van der Waals surface area contributed by atoms with Gasteiger partial charge >= 0.3 is 0 Å². The highest BCUT2D eigenvalue weighted by molar-refractivity contribution is 8.12. The zero-order chi connectivity index (χ0) is 98.0. The van der Waals surface area contributed by atoms with Crippen molar-refractivity contribution in [2.75, 3.05) is 89.8 Å². The zero-order valence-electron chi connectivity index (χ0n) is 89.8. The fraction of sp³-hybridized carbons (Fsp3) is 0.828. The summed E-state index contributed by atoms with van der Waals surface area (Å²) in [4.78, 5) is 16.1. The molecule has 1 aliphatic carbocycles. The van der Waals surface area contributed by atoms with Crippen LogP contribution in [0.5, 0.6) is 0 Å². The monoisotopic (exact) mass is 1740 g/mol. The summed E-state index contributed by atoms with van der Waals surface area (Å²) >= 11 is 5.21. The molecule has 21 nitrogen and oxygen atoms in total. The molecule has 0 aromatic carbocycles. The summed E-state index contributed by atoms with van der Waals surface area (Å²) in [5.74, 6) is 3.44. The quantitative estimate of drug-likeness (QED) is 0.0831. The van der Waals surface area contributed by atoms with Gasteiger partial charge in [0, 0.05) is 75.6 Å². The first kappa shape index (κ1) is 187. The van der Waals surface area contributed by atoms with E-state index in [0.717, 1.165) is 84.2 Å². The second-order valence-corrected chi connectivity index (χ2v) is 15.5. The minimum Gasteiger partial charge on any atom is -0.501 e. The van der Waals surface area contributed by atoms with Crippen molar-refractivity contribution in [3.05, 3.63) is 48.3 Å². The van der Waals surface area contributed by atoms with E-state index in [4.69, 9.17) is 4.74 Å². The van der Waals surface area contributed by atoms with Gasteiger partial charge in [-0.15, -0.1) is 16.9 Å². The number of nitrogens with one attached hydrogen (secondary N) is 8. The van der Waals surface area contributed by atoms with Crippen LogP contribution in [0.25, 0.3) is 0 Å². The molecule has 0 saturated carbocycles. The molecule has 0 saturated heterocycles. The molecule has 0 atom stereocenters. The number of thioether (sulfide) groups is 2. The van der Waals surface area contributed by atoms with E-state index in [1.165, 1.54) is 69.3 Å². The Hall–Kier alpha value is -5.07. The second-order valence-electron chi connectivity index (χ2n) is 12.7. The van der Waals surface area contributed by atoms with Gasteiger partial charge in [0.2, 0.25) is 0 Å². The van der Waals surface area contributed by atoms with Gasteiger partial charge in [0.05, 0.1) is 56.6 Å². The maximum atomic E-state index is 4.76. The van der Waals surface area contributed by atoms with Gasteiger partial charge in [-0.2, -0.15) is 15.3 Å². The molecule has 0 unspecified atom stereocenters. The van der Waals surface area contributed by atoms with Crippen molar-refractivity contribution in [3.63, 3.8) is 0 Å². The molecule has 0 fully saturated rings. The highest BCUT2D eigenvalue weighted by Gasteiger charge is 1.90. The molecule has 12 heterocycles. The van der Waals surface area contributed by atoms with Gasteiger partial charge in [0.15, 0.2) is 13.1 Å². The van der Waals surface area contributed by atoms with Gasteiger partial charge in [-0.25, -0.2) is 9.82 Å². The number of oxime groups is 1. The van der Waals surface area contributed by atoms with E-state index in [9.17, 15) is 0 Å². The summed E-state index contributed by atoms with van der Waals surface area (Å²) in [5.41, 5.74) is 18.0. The van der Waals surface area contributed by atoms with Crippen LogP contribution in [-0.4, -0.2) is 139 Å². The van der Waals surface area contributed by atoms with E-state index in [1.807, 2.05) is 403 Å². The molecule has 0 spiro atoms. The SMILES string of the molecule is C1=CCCC1.C1=CNCC1.C1=COCC1.C1=CSCC1.C1=NCCC1.C1=NCCN1.C1=NCNN1.C1=NNCC1.C1=NNCO1.C1=NNCS1.C1=NOCC1.C1=NSCC1.C1CNN=N1.CC.CC.CC.CC.CC.CC.CC.CC.CC.CC.CC.CC.CC.CC.CC.CC.CC.CC.CC.CC.CC.CC.CC.CC.CC.CC. The number of allylic oxidation sites excluding steroid dienone is 3. The lowest BCUT2D eigenvalue weighted by molar-refractivity contribution is 0.174. The molecule has 0 amide bonds. The third-order valence-electron chi connectivity index (χ3n) is 7.27. The summed E-state index contributed by atoms with van der Waals surface area (Å²) in [6.45, 7) is 114. The van der Waals surface area contributed by atoms with Crippen molar-refractivity contribution >= 4 is 85.0 Å². The molecule has 12 aliphatic heterocycles. The Labute approximate surface area is 756 Å². The highest BCUT2D eigenvalue weighted by Crippen LogP contribution is 2.11. The smallest absolute Gasteiger partial charge is 0.194 e. The topological polar surface area (TPSA) is 248 Å². The molecule has 117 heavy (non-hydrogen) atoms. The summed E-state index contributed by atoms with van der Waals surface area (Å²) in [6.07, 6.45) is 40.2. The summed E-state index contributed by atoms with van der Waals surface area (Å²) in [7, 11) is 0. The Morgan fingerprint density at radius 3 is 0.983 bits per heavy atom. The molecule has 8 N–H and O–H groups in total. The lowest BCUT2D eigenvalue weighted by Gasteiger charge is -1.80. The molecule has 728 valence electrons. The Morgan fingerprint density at radius 1 is 0.333 bits per heavy atom. The maximum Gasteiger partial charge on any atom is 0.194 e. The normalized spacial score (nSPS) is 12.2. The van der Waals surface area contributed by atoms with Gasteiger partial charge < -0.3 is 35.8 Å². The molecule has 0 bridgehead atoms. The van der Waals surface area contributed by atoms with E-state index in [2.05, 4.69) is 133 Å². The fourth-order valence-electron chi connectivity index (χ4n) is 4.17. The fourth-order valence-corrected chi connectivity index (χ4v) is 5.75. The first-order valence-corrected chi connectivity index (χ1v) is 51.1. The van der Waals surface area contributed by atoms with Gasteiger partial charge in [0.1, 0.15) is 13.3 Å². The van der Waals surface area contributed by atoms with Crippen molar-refractivity contribution in [1.82, 2.24) is 43.2 Å². The van der Waals surface area contributed by atoms with Crippen molar-refractivity contribution in [3.8, 4) is 0 Å². The second kappa shape index (κ2) is 373. The minimum atomic E-state index is 0.528. The molecular formula is C93H230N18O3S3. The predicted molar refractivity (Wildman–Crippen MR) is 574 cm³/mol. The predicted octanol–water partition coefficient (Wildman–Crippen LogP) is 32.2. The van der Waals surface area contributed by atoms with Crippen LogP contribution in [0.15, 0.2) is 98.4 Å². The first-order valence-electron chi connectivity index (χ1n) is 48.1. The van der Waals surface area contributed by atoms with Crippen molar-refractivity contribution in [1.29, 1.82) is 0 Å².